The largest absolute Gasteiger partial charge is 0.392 e. The third kappa shape index (κ3) is 4.98. The van der Waals surface area contributed by atoms with Crippen molar-refractivity contribution in [2.75, 3.05) is 6.61 Å². The molecule has 0 bridgehead atoms. The van der Waals surface area contributed by atoms with E-state index in [9.17, 15) is 4.79 Å². The van der Waals surface area contributed by atoms with Gasteiger partial charge in [-0.2, -0.15) is 0 Å². The number of hydrogen-bond donors (Lipinski definition) is 1. The van der Waals surface area contributed by atoms with Gasteiger partial charge in [-0.05, 0) is 37.3 Å². The lowest BCUT2D eigenvalue weighted by Crippen LogP contribution is -2.09. The van der Waals surface area contributed by atoms with Crippen molar-refractivity contribution >= 4 is 5.78 Å². The molecule has 114 valence electrons. The van der Waals surface area contributed by atoms with E-state index in [-0.39, 0.29) is 17.8 Å². The van der Waals surface area contributed by atoms with Crippen LogP contribution in [0.3, 0.4) is 0 Å². The molecular weight excluding hydrogens is 260 g/mol. The van der Waals surface area contributed by atoms with Crippen LogP contribution in [0.5, 0.6) is 0 Å². The summed E-state index contributed by atoms with van der Waals surface area (Å²) in [6.45, 7) is 10.2. The van der Waals surface area contributed by atoms with Crippen molar-refractivity contribution in [1.29, 1.82) is 0 Å². The molecule has 1 N–H and O–H groups in total. The summed E-state index contributed by atoms with van der Waals surface area (Å²) in [6.07, 6.45) is 12.4. The molecule has 0 aliphatic heterocycles. The zero-order valence-electron chi connectivity index (χ0n) is 13.7. The second-order valence-corrected chi connectivity index (χ2v) is 6.26. The molecule has 0 fully saturated rings. The van der Waals surface area contributed by atoms with Gasteiger partial charge < -0.3 is 5.11 Å². The number of aliphatic hydroxyl groups is 1. The van der Waals surface area contributed by atoms with Gasteiger partial charge in [0.2, 0.25) is 0 Å². The van der Waals surface area contributed by atoms with Gasteiger partial charge in [0.1, 0.15) is 0 Å². The summed E-state index contributed by atoms with van der Waals surface area (Å²) >= 11 is 0. The van der Waals surface area contributed by atoms with Gasteiger partial charge in [0.05, 0.1) is 6.61 Å². The molecule has 0 radical (unpaired) electrons. The average molecular weight is 286 g/mol. The summed E-state index contributed by atoms with van der Waals surface area (Å²) in [5.74, 6) is 0.256. The summed E-state index contributed by atoms with van der Waals surface area (Å²) in [5.41, 5.74) is 4.13. The summed E-state index contributed by atoms with van der Waals surface area (Å²) in [7, 11) is 0. The Labute approximate surface area is 128 Å². The molecule has 0 saturated heterocycles. The van der Waals surface area contributed by atoms with E-state index in [1.54, 1.807) is 6.08 Å². The normalized spacial score (nSPS) is 20.4. The minimum atomic E-state index is -0.0613. The third-order valence-electron chi connectivity index (χ3n) is 3.80. The monoisotopic (exact) mass is 286 g/mol. The first-order valence-electron chi connectivity index (χ1n) is 7.33. The van der Waals surface area contributed by atoms with E-state index in [1.165, 1.54) is 0 Å². The molecular formula is C19H26O2. The Morgan fingerprint density at radius 3 is 2.43 bits per heavy atom. The zero-order valence-corrected chi connectivity index (χ0v) is 13.7. The van der Waals surface area contributed by atoms with Crippen LogP contribution in [-0.4, -0.2) is 17.5 Å². The van der Waals surface area contributed by atoms with Crippen molar-refractivity contribution in [1.82, 2.24) is 0 Å². The van der Waals surface area contributed by atoms with Crippen molar-refractivity contribution in [3.63, 3.8) is 0 Å². The SMILES string of the molecule is CC1=C(/C=C/C(C)=C/C=C/C(C)=C/CO)C(C)(C)CC1=O. The number of allylic oxidation sites excluding steroid dienone is 9. The lowest BCUT2D eigenvalue weighted by molar-refractivity contribution is -0.115. The smallest absolute Gasteiger partial charge is 0.159 e. The molecule has 2 nitrogen and oxygen atoms in total. The predicted octanol–water partition coefficient (Wildman–Crippen LogP) is 4.30. The van der Waals surface area contributed by atoms with Crippen molar-refractivity contribution in [3.8, 4) is 0 Å². The number of rotatable bonds is 5. The Balaban J connectivity index is 2.81. The first-order valence-corrected chi connectivity index (χ1v) is 7.33. The highest BCUT2D eigenvalue weighted by atomic mass is 16.2. The maximum atomic E-state index is 11.8. The number of Topliss-reactive ketones (excluding diaryl/α,β-unsaturated/α-hetero) is 1. The minimum Gasteiger partial charge on any atom is -0.392 e. The molecule has 0 spiro atoms. The Hall–Kier alpha value is -1.67. The van der Waals surface area contributed by atoms with Gasteiger partial charge in [0.25, 0.3) is 0 Å². The number of ketones is 1. The highest BCUT2D eigenvalue weighted by molar-refractivity contribution is 5.99. The molecule has 0 atom stereocenters. The summed E-state index contributed by atoms with van der Waals surface area (Å²) < 4.78 is 0. The van der Waals surface area contributed by atoms with Crippen LogP contribution in [0.2, 0.25) is 0 Å². The lowest BCUT2D eigenvalue weighted by atomic mass is 9.85. The van der Waals surface area contributed by atoms with Crippen LogP contribution in [-0.2, 0) is 4.79 Å². The van der Waals surface area contributed by atoms with Gasteiger partial charge in [0.15, 0.2) is 5.78 Å². The standard InChI is InChI=1S/C19H26O2/c1-14(7-6-8-15(2)11-12-20)9-10-17-16(3)18(21)13-19(17,4)5/h6-11,20H,12-13H2,1-5H3/b8-6+,10-9+,14-7+,15-11+. The van der Waals surface area contributed by atoms with E-state index in [0.29, 0.717) is 6.42 Å². The van der Waals surface area contributed by atoms with Crippen molar-refractivity contribution < 1.29 is 9.90 Å². The maximum absolute atomic E-state index is 11.8. The molecule has 0 aromatic carbocycles. The predicted molar refractivity (Wildman–Crippen MR) is 89.0 cm³/mol. The second kappa shape index (κ2) is 7.37. The lowest BCUT2D eigenvalue weighted by Gasteiger charge is -2.19. The number of carbonyl (C=O) groups excluding carboxylic acids is 1. The quantitative estimate of drug-likeness (QED) is 0.765. The molecule has 21 heavy (non-hydrogen) atoms. The summed E-state index contributed by atoms with van der Waals surface area (Å²) in [5, 5.41) is 8.78. The van der Waals surface area contributed by atoms with E-state index < -0.39 is 0 Å². The molecule has 0 heterocycles. The first kappa shape index (κ1) is 17.4. The fourth-order valence-electron chi connectivity index (χ4n) is 2.47. The first-order chi connectivity index (χ1) is 9.77. The topological polar surface area (TPSA) is 37.3 Å². The summed E-state index contributed by atoms with van der Waals surface area (Å²) in [6, 6.07) is 0. The van der Waals surface area contributed by atoms with Crippen molar-refractivity contribution in [2.24, 2.45) is 5.41 Å². The highest BCUT2D eigenvalue weighted by Crippen LogP contribution is 2.40. The molecule has 0 unspecified atom stereocenters. The van der Waals surface area contributed by atoms with E-state index in [2.05, 4.69) is 26.0 Å². The van der Waals surface area contributed by atoms with Crippen LogP contribution in [0, 0.1) is 5.41 Å². The van der Waals surface area contributed by atoms with Gasteiger partial charge in [-0.25, -0.2) is 0 Å². The van der Waals surface area contributed by atoms with E-state index in [4.69, 9.17) is 5.11 Å². The fraction of sp³-hybridized carbons (Fsp3) is 0.421. The van der Waals surface area contributed by atoms with Crippen LogP contribution >= 0.6 is 0 Å². The van der Waals surface area contributed by atoms with Crippen molar-refractivity contribution in [2.45, 2.75) is 41.0 Å². The number of carbonyl (C=O) groups is 1. The number of aliphatic hydroxyl groups excluding tert-OH is 1. The van der Waals surface area contributed by atoms with Crippen molar-refractivity contribution in [3.05, 3.63) is 58.7 Å². The molecule has 0 aromatic heterocycles. The van der Waals surface area contributed by atoms with Gasteiger partial charge >= 0.3 is 0 Å². The van der Waals surface area contributed by atoms with Crippen LogP contribution in [0.15, 0.2) is 58.7 Å². The van der Waals surface area contributed by atoms with Gasteiger partial charge in [0, 0.05) is 6.42 Å². The fourth-order valence-corrected chi connectivity index (χ4v) is 2.47. The van der Waals surface area contributed by atoms with Crippen LogP contribution < -0.4 is 0 Å². The molecule has 2 heteroatoms. The van der Waals surface area contributed by atoms with E-state index in [0.717, 1.165) is 22.3 Å². The van der Waals surface area contributed by atoms with Crippen LogP contribution in [0.25, 0.3) is 0 Å². The van der Waals surface area contributed by atoms with Crippen LogP contribution in [0.4, 0.5) is 0 Å². The Kier molecular flexibility index (Phi) is 6.10. The molecule has 0 amide bonds. The van der Waals surface area contributed by atoms with Gasteiger partial charge in [-0.15, -0.1) is 0 Å². The average Bonchev–Trinajstić information content (AvgIpc) is 2.56. The Morgan fingerprint density at radius 1 is 1.24 bits per heavy atom. The Morgan fingerprint density at radius 2 is 1.90 bits per heavy atom. The summed E-state index contributed by atoms with van der Waals surface area (Å²) in [4.78, 5) is 11.8. The zero-order chi connectivity index (χ0) is 16.0. The van der Waals surface area contributed by atoms with Crippen LogP contribution in [0.1, 0.15) is 41.0 Å². The number of hydrogen-bond acceptors (Lipinski definition) is 2. The van der Waals surface area contributed by atoms with Gasteiger partial charge in [-0.3, -0.25) is 4.79 Å². The molecule has 1 aliphatic rings. The highest BCUT2D eigenvalue weighted by Gasteiger charge is 2.34. The van der Waals surface area contributed by atoms with E-state index >= 15 is 0 Å². The molecule has 1 rings (SSSR count). The van der Waals surface area contributed by atoms with E-state index in [1.807, 2.05) is 39.0 Å². The third-order valence-corrected chi connectivity index (χ3v) is 3.80. The molecule has 0 aromatic rings. The Bertz CT molecular complexity index is 552. The maximum Gasteiger partial charge on any atom is 0.159 e. The molecule has 0 saturated carbocycles. The minimum absolute atomic E-state index is 0.0613. The molecule has 1 aliphatic carbocycles. The van der Waals surface area contributed by atoms with Gasteiger partial charge in [-0.1, -0.05) is 61.4 Å². The second-order valence-electron chi connectivity index (χ2n) is 6.26.